The molecule has 1 aliphatic rings. The summed E-state index contributed by atoms with van der Waals surface area (Å²) < 4.78 is 11.6. The van der Waals surface area contributed by atoms with Crippen LogP contribution in [0.4, 0.5) is 4.79 Å². The monoisotopic (exact) mass is 462 g/mol. The molecule has 10 nitrogen and oxygen atoms in total. The first-order chi connectivity index (χ1) is 16.4. The Kier molecular flexibility index (Phi) is 6.39. The van der Waals surface area contributed by atoms with Crippen molar-refractivity contribution in [3.8, 4) is 5.69 Å². The van der Waals surface area contributed by atoms with E-state index < -0.39 is 30.6 Å². The molecule has 0 fully saturated rings. The van der Waals surface area contributed by atoms with E-state index in [0.29, 0.717) is 16.5 Å². The van der Waals surface area contributed by atoms with Crippen molar-refractivity contribution < 1.29 is 23.9 Å². The average Bonchev–Trinajstić information content (AvgIpc) is 2.83. The molecule has 0 saturated carbocycles. The zero-order valence-corrected chi connectivity index (χ0v) is 18.5. The lowest BCUT2D eigenvalue weighted by atomic mass is 10.0. The smallest absolute Gasteiger partial charge is 0.359 e. The number of nitrogens with one attached hydrogen (secondary N) is 2. The van der Waals surface area contributed by atoms with Crippen molar-refractivity contribution in [2.75, 3.05) is 13.2 Å². The van der Waals surface area contributed by atoms with Crippen molar-refractivity contribution in [3.05, 3.63) is 81.9 Å². The number of esters is 2. The number of para-hydroxylation sites is 1. The normalized spacial score (nSPS) is 15.5. The predicted octanol–water partition coefficient (Wildman–Crippen LogP) is 2.06. The third-order valence-electron chi connectivity index (χ3n) is 5.21. The Hall–Kier alpha value is -4.47. The van der Waals surface area contributed by atoms with Crippen LogP contribution in [0.25, 0.3) is 16.5 Å². The topological polar surface area (TPSA) is 129 Å². The number of hydrogen-bond acceptors (Lipinski definition) is 7. The van der Waals surface area contributed by atoms with Crippen molar-refractivity contribution in [1.82, 2.24) is 20.4 Å². The second-order valence-electron chi connectivity index (χ2n) is 7.46. The van der Waals surface area contributed by atoms with Crippen LogP contribution < -0.4 is 16.2 Å². The molecule has 0 saturated heterocycles. The zero-order chi connectivity index (χ0) is 24.2. The van der Waals surface area contributed by atoms with E-state index >= 15 is 0 Å². The molecule has 0 spiro atoms. The number of aromatic nitrogens is 2. The number of ether oxygens (including phenoxy) is 2. The Morgan fingerprint density at radius 1 is 0.971 bits per heavy atom. The molecule has 2 amide bonds. The molecule has 1 aliphatic heterocycles. The minimum absolute atomic E-state index is 0.0781. The van der Waals surface area contributed by atoms with Crippen LogP contribution in [-0.2, 0) is 14.3 Å². The van der Waals surface area contributed by atoms with Crippen LogP contribution in [0.3, 0.4) is 0 Å². The van der Waals surface area contributed by atoms with Crippen molar-refractivity contribution in [2.24, 2.45) is 0 Å². The molecule has 0 bridgehead atoms. The Morgan fingerprint density at radius 2 is 1.65 bits per heavy atom. The number of carbonyl (C=O) groups is 3. The van der Waals surface area contributed by atoms with E-state index in [9.17, 15) is 19.2 Å². The van der Waals surface area contributed by atoms with Crippen LogP contribution >= 0.6 is 0 Å². The van der Waals surface area contributed by atoms with Gasteiger partial charge in [0.2, 0.25) is 0 Å². The summed E-state index contributed by atoms with van der Waals surface area (Å²) in [6.45, 7) is 3.03. The second-order valence-corrected chi connectivity index (χ2v) is 7.46. The van der Waals surface area contributed by atoms with Crippen molar-refractivity contribution >= 4 is 28.7 Å². The number of nitrogens with zero attached hydrogens (tertiary/aromatic N) is 2. The Morgan fingerprint density at radius 3 is 2.35 bits per heavy atom. The molecule has 2 aromatic carbocycles. The van der Waals surface area contributed by atoms with E-state index in [2.05, 4.69) is 15.7 Å². The number of urea groups is 1. The van der Waals surface area contributed by atoms with Gasteiger partial charge in [0.1, 0.15) is 6.61 Å². The fraction of sp³-hybridized carbons (Fsp3) is 0.208. The number of carbonyl (C=O) groups excluding carboxylic acids is 3. The van der Waals surface area contributed by atoms with Gasteiger partial charge >= 0.3 is 18.0 Å². The van der Waals surface area contributed by atoms with E-state index in [-0.39, 0.29) is 29.1 Å². The van der Waals surface area contributed by atoms with E-state index in [4.69, 9.17) is 9.47 Å². The van der Waals surface area contributed by atoms with Gasteiger partial charge in [0.15, 0.2) is 5.69 Å². The third-order valence-corrected chi connectivity index (χ3v) is 5.21. The van der Waals surface area contributed by atoms with Crippen molar-refractivity contribution in [2.45, 2.75) is 19.9 Å². The van der Waals surface area contributed by atoms with Crippen LogP contribution in [0.5, 0.6) is 0 Å². The molecule has 2 heterocycles. The van der Waals surface area contributed by atoms with Gasteiger partial charge in [0.25, 0.3) is 5.56 Å². The summed E-state index contributed by atoms with van der Waals surface area (Å²) >= 11 is 0. The lowest BCUT2D eigenvalue weighted by Crippen LogP contribution is -2.50. The third kappa shape index (κ3) is 4.38. The fourth-order valence-corrected chi connectivity index (χ4v) is 3.68. The molecule has 0 radical (unpaired) electrons. The standard InChI is InChI=1S/C24H22N4O6/c1-3-33-22(30)19-14(2)25-24(32)26-18(19)13-34-23(31)20-16-11-7-8-12-17(16)21(29)28(27-20)15-9-5-4-6-10-15/h4-12,14H,3,13H2,1-2H3,(H2,25,26,32)/t14-/m0/s1. The highest BCUT2D eigenvalue weighted by Gasteiger charge is 2.30. The highest BCUT2D eigenvalue weighted by molar-refractivity contribution is 6.02. The number of benzene rings is 2. The van der Waals surface area contributed by atoms with E-state index in [1.165, 1.54) is 0 Å². The SMILES string of the molecule is CCOC(=O)C1=C(COC(=O)c2nn(-c3ccccc3)c(=O)c3ccccc23)NC(=O)N[C@H]1C. The minimum atomic E-state index is -0.822. The molecule has 10 heteroatoms. The van der Waals surface area contributed by atoms with E-state index in [1.54, 1.807) is 68.4 Å². The molecule has 0 unspecified atom stereocenters. The first-order valence-electron chi connectivity index (χ1n) is 10.6. The molecule has 4 rings (SSSR count). The van der Waals surface area contributed by atoms with Gasteiger partial charge in [0, 0.05) is 5.39 Å². The molecule has 0 aliphatic carbocycles. The number of fused-ring (bicyclic) bond motifs is 1. The molecular weight excluding hydrogens is 440 g/mol. The predicted molar refractivity (Wildman–Crippen MR) is 122 cm³/mol. The Balaban J connectivity index is 1.71. The molecule has 3 aromatic rings. The number of amides is 2. The lowest BCUT2D eigenvalue weighted by Gasteiger charge is -2.26. The van der Waals surface area contributed by atoms with Crippen molar-refractivity contribution in [1.29, 1.82) is 0 Å². The molecule has 1 atom stereocenters. The summed E-state index contributed by atoms with van der Waals surface area (Å²) in [5.41, 5.74) is 0.292. The second kappa shape index (κ2) is 9.57. The first-order valence-corrected chi connectivity index (χ1v) is 10.6. The summed E-state index contributed by atoms with van der Waals surface area (Å²) in [4.78, 5) is 50.4. The van der Waals surface area contributed by atoms with E-state index in [1.807, 2.05) is 0 Å². The van der Waals surface area contributed by atoms with Gasteiger partial charge in [-0.3, -0.25) is 4.79 Å². The van der Waals surface area contributed by atoms with Crippen LogP contribution in [0.15, 0.2) is 70.7 Å². The van der Waals surface area contributed by atoms with Gasteiger partial charge in [-0.2, -0.15) is 9.78 Å². The molecule has 1 aromatic heterocycles. The average molecular weight is 462 g/mol. The maximum atomic E-state index is 13.1. The van der Waals surface area contributed by atoms with Crippen LogP contribution in [0.1, 0.15) is 24.3 Å². The van der Waals surface area contributed by atoms with Crippen molar-refractivity contribution in [3.63, 3.8) is 0 Å². The highest BCUT2D eigenvalue weighted by Crippen LogP contribution is 2.18. The number of rotatable bonds is 6. The van der Waals surface area contributed by atoms with E-state index in [0.717, 1.165) is 4.68 Å². The zero-order valence-electron chi connectivity index (χ0n) is 18.5. The maximum Gasteiger partial charge on any atom is 0.359 e. The fourth-order valence-electron chi connectivity index (χ4n) is 3.68. The van der Waals surface area contributed by atoms with Gasteiger partial charge in [-0.25, -0.2) is 14.4 Å². The number of hydrogen-bond donors (Lipinski definition) is 2. The molecule has 2 N–H and O–H groups in total. The van der Waals surface area contributed by atoms with Crippen LogP contribution in [0.2, 0.25) is 0 Å². The summed E-state index contributed by atoms with van der Waals surface area (Å²) in [6.07, 6.45) is 0. The Bertz CT molecular complexity index is 1360. The summed E-state index contributed by atoms with van der Waals surface area (Å²) in [5, 5.41) is 9.97. The summed E-state index contributed by atoms with van der Waals surface area (Å²) in [5.74, 6) is -1.45. The quantitative estimate of drug-likeness (QED) is 0.537. The first kappa shape index (κ1) is 22.7. The minimum Gasteiger partial charge on any atom is -0.463 e. The van der Waals surface area contributed by atoms with Crippen LogP contribution in [-0.4, -0.2) is 47.0 Å². The summed E-state index contributed by atoms with van der Waals surface area (Å²) in [6, 6.07) is 14.1. The maximum absolute atomic E-state index is 13.1. The van der Waals surface area contributed by atoms with Gasteiger partial charge < -0.3 is 20.1 Å². The van der Waals surface area contributed by atoms with Crippen LogP contribution in [0, 0.1) is 0 Å². The molecule has 34 heavy (non-hydrogen) atoms. The molecular formula is C24H22N4O6. The van der Waals surface area contributed by atoms with Gasteiger partial charge in [-0.15, -0.1) is 0 Å². The largest absolute Gasteiger partial charge is 0.463 e. The molecule has 174 valence electrons. The Labute approximate surface area is 194 Å². The highest BCUT2D eigenvalue weighted by atomic mass is 16.5. The lowest BCUT2D eigenvalue weighted by molar-refractivity contribution is -0.139. The summed E-state index contributed by atoms with van der Waals surface area (Å²) in [7, 11) is 0. The van der Waals surface area contributed by atoms with Gasteiger partial charge in [-0.1, -0.05) is 36.4 Å². The van der Waals surface area contributed by atoms with Gasteiger partial charge in [0.05, 0.1) is 35.0 Å². The van der Waals surface area contributed by atoms with Gasteiger partial charge in [-0.05, 0) is 32.0 Å².